The fraction of sp³-hybridized carbons (Fsp3) is 0.400. The Labute approximate surface area is 155 Å². The predicted octanol–water partition coefficient (Wildman–Crippen LogP) is 0.573. The zero-order valence-corrected chi connectivity index (χ0v) is 14.5. The van der Waals surface area contributed by atoms with Gasteiger partial charge in [-0.05, 0) is 41.3 Å². The summed E-state index contributed by atoms with van der Waals surface area (Å²) in [6.07, 6.45) is -5.02. The molecule has 6 nitrogen and oxygen atoms in total. The monoisotopic (exact) mass is 376 g/mol. The second kappa shape index (κ2) is 6.94. The quantitative estimate of drug-likeness (QED) is 0.625. The third-order valence-corrected chi connectivity index (χ3v) is 5.26. The predicted molar refractivity (Wildman–Crippen MR) is 92.1 cm³/mol. The van der Waals surface area contributed by atoms with Crippen molar-refractivity contribution in [2.45, 2.75) is 43.2 Å². The maximum atomic E-state index is 13.1. The number of benzene rings is 2. The first-order chi connectivity index (χ1) is 12.9. The van der Waals surface area contributed by atoms with E-state index in [2.05, 4.69) is 0 Å². The molecule has 2 aliphatic heterocycles. The molecule has 4 rings (SSSR count). The van der Waals surface area contributed by atoms with Crippen molar-refractivity contribution in [2.24, 2.45) is 0 Å². The molecule has 4 N–H and O–H groups in total. The minimum absolute atomic E-state index is 0.171. The summed E-state index contributed by atoms with van der Waals surface area (Å²) in [6.45, 7) is -0.356. The molecule has 2 heterocycles. The molecule has 1 saturated heterocycles. The Morgan fingerprint density at radius 1 is 1.00 bits per heavy atom. The summed E-state index contributed by atoms with van der Waals surface area (Å²) < 4.78 is 24.6. The van der Waals surface area contributed by atoms with Crippen molar-refractivity contribution in [3.8, 4) is 0 Å². The number of aliphatic hydroxyl groups excluding tert-OH is 4. The number of ether oxygens (including phenoxy) is 2. The van der Waals surface area contributed by atoms with E-state index in [0.29, 0.717) is 12.0 Å². The van der Waals surface area contributed by atoms with Crippen molar-refractivity contribution in [3.05, 3.63) is 70.5 Å². The highest BCUT2D eigenvalue weighted by Crippen LogP contribution is 2.46. The van der Waals surface area contributed by atoms with Gasteiger partial charge in [-0.25, -0.2) is 4.39 Å². The van der Waals surface area contributed by atoms with Gasteiger partial charge in [-0.3, -0.25) is 0 Å². The van der Waals surface area contributed by atoms with Gasteiger partial charge in [0.1, 0.15) is 30.2 Å². The molecule has 0 radical (unpaired) electrons. The molecule has 0 aliphatic carbocycles. The maximum Gasteiger partial charge on any atom is 0.225 e. The van der Waals surface area contributed by atoms with Crippen molar-refractivity contribution in [1.82, 2.24) is 0 Å². The minimum atomic E-state index is -1.65. The van der Waals surface area contributed by atoms with Crippen molar-refractivity contribution in [1.29, 1.82) is 0 Å². The summed E-state index contributed by atoms with van der Waals surface area (Å²) in [4.78, 5) is 0. The zero-order chi connectivity index (χ0) is 19.2. The van der Waals surface area contributed by atoms with E-state index < -0.39 is 36.8 Å². The Balaban J connectivity index is 1.69. The van der Waals surface area contributed by atoms with Gasteiger partial charge < -0.3 is 29.9 Å². The Hall–Kier alpha value is -1.87. The second-order valence-corrected chi connectivity index (χ2v) is 7.02. The summed E-state index contributed by atoms with van der Waals surface area (Å²) >= 11 is 0. The van der Waals surface area contributed by atoms with Gasteiger partial charge >= 0.3 is 0 Å². The smallest absolute Gasteiger partial charge is 0.225 e. The van der Waals surface area contributed by atoms with Crippen LogP contribution in [0, 0.1) is 5.82 Å². The van der Waals surface area contributed by atoms with Crippen LogP contribution in [0.4, 0.5) is 4.39 Å². The van der Waals surface area contributed by atoms with Gasteiger partial charge in [0.15, 0.2) is 0 Å². The van der Waals surface area contributed by atoms with Gasteiger partial charge in [0.25, 0.3) is 0 Å². The Morgan fingerprint density at radius 2 is 1.70 bits per heavy atom. The Morgan fingerprint density at radius 3 is 2.41 bits per heavy atom. The molecule has 0 aromatic heterocycles. The van der Waals surface area contributed by atoms with Gasteiger partial charge in [0.05, 0.1) is 13.2 Å². The number of rotatable bonds is 3. The Bertz CT molecular complexity index is 824. The molecule has 2 aromatic carbocycles. The van der Waals surface area contributed by atoms with Gasteiger partial charge in [-0.2, -0.15) is 0 Å². The van der Waals surface area contributed by atoms with Crippen LogP contribution in [0.15, 0.2) is 42.5 Å². The topological polar surface area (TPSA) is 99.4 Å². The van der Waals surface area contributed by atoms with Gasteiger partial charge in [0.2, 0.25) is 5.79 Å². The lowest BCUT2D eigenvalue weighted by Gasteiger charge is -2.46. The van der Waals surface area contributed by atoms with E-state index in [4.69, 9.17) is 9.47 Å². The molecule has 2 aliphatic rings. The third kappa shape index (κ3) is 3.06. The average molecular weight is 376 g/mol. The van der Waals surface area contributed by atoms with Crippen molar-refractivity contribution in [2.75, 3.05) is 6.61 Å². The highest BCUT2D eigenvalue weighted by molar-refractivity contribution is 5.41. The summed E-state index contributed by atoms with van der Waals surface area (Å²) in [7, 11) is 0. The molecule has 0 amide bonds. The molecule has 5 atom stereocenters. The minimum Gasteiger partial charge on any atom is -0.394 e. The fourth-order valence-electron chi connectivity index (χ4n) is 3.77. The summed E-state index contributed by atoms with van der Waals surface area (Å²) in [5.41, 5.74) is 3.15. The Kier molecular flexibility index (Phi) is 4.75. The number of halogens is 1. The maximum absolute atomic E-state index is 13.1. The van der Waals surface area contributed by atoms with Crippen molar-refractivity contribution in [3.63, 3.8) is 0 Å². The largest absolute Gasteiger partial charge is 0.394 e. The number of hydrogen-bond donors (Lipinski definition) is 4. The van der Waals surface area contributed by atoms with Gasteiger partial charge in [0, 0.05) is 5.56 Å². The van der Waals surface area contributed by atoms with Crippen LogP contribution in [0.3, 0.4) is 0 Å². The number of fused-ring (bicyclic) bond motifs is 2. The highest BCUT2D eigenvalue weighted by atomic mass is 19.1. The first kappa shape index (κ1) is 18.5. The van der Waals surface area contributed by atoms with Gasteiger partial charge in [-0.1, -0.05) is 24.3 Å². The van der Waals surface area contributed by atoms with Crippen LogP contribution in [0.25, 0.3) is 0 Å². The zero-order valence-electron chi connectivity index (χ0n) is 14.5. The number of aliphatic hydroxyl groups is 4. The third-order valence-electron chi connectivity index (χ3n) is 5.26. The first-order valence-corrected chi connectivity index (χ1v) is 8.78. The molecule has 1 fully saturated rings. The van der Waals surface area contributed by atoms with Crippen molar-refractivity contribution < 1.29 is 34.3 Å². The summed E-state index contributed by atoms with van der Waals surface area (Å²) in [6, 6.07) is 11.8. The van der Waals surface area contributed by atoms with Crippen LogP contribution in [-0.2, 0) is 28.3 Å². The van der Waals surface area contributed by atoms with E-state index in [-0.39, 0.29) is 12.4 Å². The molecule has 1 unspecified atom stereocenters. The first-order valence-electron chi connectivity index (χ1n) is 8.78. The van der Waals surface area contributed by atoms with E-state index in [1.807, 2.05) is 18.2 Å². The summed E-state index contributed by atoms with van der Waals surface area (Å²) in [5.74, 6) is -1.96. The van der Waals surface area contributed by atoms with E-state index in [0.717, 1.165) is 16.7 Å². The lowest BCUT2D eigenvalue weighted by atomic mass is 9.86. The lowest BCUT2D eigenvalue weighted by Crippen LogP contribution is -2.63. The summed E-state index contributed by atoms with van der Waals surface area (Å²) in [5, 5.41) is 40.3. The van der Waals surface area contributed by atoms with Crippen LogP contribution in [0.1, 0.15) is 22.3 Å². The fourth-order valence-corrected chi connectivity index (χ4v) is 3.77. The molecule has 27 heavy (non-hydrogen) atoms. The normalized spacial score (nSPS) is 32.6. The van der Waals surface area contributed by atoms with Gasteiger partial charge in [-0.15, -0.1) is 0 Å². The van der Waals surface area contributed by atoms with Crippen LogP contribution in [0.5, 0.6) is 0 Å². The van der Waals surface area contributed by atoms with Crippen molar-refractivity contribution >= 4 is 0 Å². The molecular weight excluding hydrogens is 355 g/mol. The van der Waals surface area contributed by atoms with Crippen LogP contribution in [-0.4, -0.2) is 51.4 Å². The van der Waals surface area contributed by atoms with E-state index in [1.54, 1.807) is 12.1 Å². The average Bonchev–Trinajstić information content (AvgIpc) is 3.04. The van der Waals surface area contributed by atoms with E-state index in [9.17, 15) is 24.8 Å². The highest BCUT2D eigenvalue weighted by Gasteiger charge is 2.58. The van der Waals surface area contributed by atoms with Crippen LogP contribution in [0.2, 0.25) is 0 Å². The molecule has 0 saturated carbocycles. The van der Waals surface area contributed by atoms with E-state index in [1.165, 1.54) is 12.1 Å². The molecule has 7 heteroatoms. The molecule has 0 bridgehead atoms. The second-order valence-electron chi connectivity index (χ2n) is 7.02. The molecular formula is C20H21FO6. The molecule has 144 valence electrons. The number of hydrogen-bond acceptors (Lipinski definition) is 6. The molecule has 1 spiro atoms. The lowest BCUT2D eigenvalue weighted by molar-refractivity contribution is -0.368. The molecule has 2 aromatic rings. The SMILES string of the molecule is OC[C@H]1OC2(OCc3ccc(Cc4ccc(F)cc4)cc32)[C@H](O)[C@@H](O)[C@@H]1O. The van der Waals surface area contributed by atoms with E-state index >= 15 is 0 Å². The standard InChI is InChI=1S/C20H21FO6/c21-14-5-2-11(3-6-14)7-12-1-4-13-10-26-20(15(13)8-12)19(25)18(24)17(23)16(9-22)27-20/h1-6,8,16-19,22-25H,7,9-10H2/t16-,17-,18+,19-,20?/m1/s1. The van der Waals surface area contributed by atoms with Crippen LogP contribution < -0.4 is 0 Å². The van der Waals surface area contributed by atoms with Crippen LogP contribution >= 0.6 is 0 Å².